The normalized spacial score (nSPS) is 20.1. The summed E-state index contributed by atoms with van der Waals surface area (Å²) in [6.45, 7) is 8.92. The van der Waals surface area contributed by atoms with Gasteiger partial charge < -0.3 is 4.74 Å². The first-order valence-electron chi connectivity index (χ1n) is 11.3. The van der Waals surface area contributed by atoms with Crippen LogP contribution in [-0.2, 0) is 4.79 Å². The van der Waals surface area contributed by atoms with Gasteiger partial charge >= 0.3 is 0 Å². The minimum absolute atomic E-state index is 0.0788. The molecular formula is C26H33N3O2. The third kappa shape index (κ3) is 4.82. The van der Waals surface area contributed by atoms with Gasteiger partial charge in [0, 0.05) is 12.0 Å². The van der Waals surface area contributed by atoms with E-state index in [0.717, 1.165) is 60.9 Å². The summed E-state index contributed by atoms with van der Waals surface area (Å²) in [5, 5.41) is 6.60. The van der Waals surface area contributed by atoms with Crippen molar-refractivity contribution in [1.29, 1.82) is 0 Å². The topological polar surface area (TPSA) is 45.1 Å². The molecule has 164 valence electrons. The van der Waals surface area contributed by atoms with Gasteiger partial charge in [-0.05, 0) is 69.0 Å². The van der Waals surface area contributed by atoms with Crippen LogP contribution >= 0.6 is 0 Å². The quantitative estimate of drug-likeness (QED) is 0.704. The number of likely N-dealkylation sites (tertiary alicyclic amines) is 1. The van der Waals surface area contributed by atoms with Gasteiger partial charge in [-0.15, -0.1) is 0 Å². The SMILES string of the molecule is COc1ccc([C@@H]2CC(c3ccc(C)cc3C)=NN2C(=O)CN2CCC(C)CC2)cc1. The number of benzene rings is 2. The Morgan fingerprint density at radius 1 is 1.10 bits per heavy atom. The second-order valence-corrected chi connectivity index (χ2v) is 9.06. The highest BCUT2D eigenvalue weighted by atomic mass is 16.5. The summed E-state index contributed by atoms with van der Waals surface area (Å²) in [5.41, 5.74) is 5.64. The molecule has 0 unspecified atom stereocenters. The molecule has 1 amide bonds. The largest absolute Gasteiger partial charge is 0.497 e. The Labute approximate surface area is 185 Å². The van der Waals surface area contributed by atoms with Crippen molar-refractivity contribution in [1.82, 2.24) is 9.91 Å². The summed E-state index contributed by atoms with van der Waals surface area (Å²) in [6, 6.07) is 14.4. The zero-order valence-electron chi connectivity index (χ0n) is 19.1. The number of nitrogens with zero attached hydrogens (tertiary/aromatic N) is 3. The number of piperidine rings is 1. The highest BCUT2D eigenvalue weighted by molar-refractivity contribution is 6.04. The molecule has 1 atom stereocenters. The minimum atomic E-state index is -0.0853. The van der Waals surface area contributed by atoms with Crippen LogP contribution in [0.2, 0.25) is 0 Å². The van der Waals surface area contributed by atoms with Crippen LogP contribution in [-0.4, -0.2) is 48.3 Å². The number of carbonyl (C=O) groups is 1. The fraction of sp³-hybridized carbons (Fsp3) is 0.462. The highest BCUT2D eigenvalue weighted by Crippen LogP contribution is 2.34. The molecule has 2 aromatic rings. The van der Waals surface area contributed by atoms with Gasteiger partial charge in [-0.2, -0.15) is 5.10 Å². The molecule has 0 aliphatic carbocycles. The third-order valence-electron chi connectivity index (χ3n) is 6.59. The van der Waals surface area contributed by atoms with Crippen molar-refractivity contribution in [3.05, 3.63) is 64.7 Å². The molecule has 1 saturated heterocycles. The van der Waals surface area contributed by atoms with Gasteiger partial charge in [0.15, 0.2) is 0 Å². The summed E-state index contributed by atoms with van der Waals surface area (Å²) in [4.78, 5) is 15.6. The Hall–Kier alpha value is -2.66. The fourth-order valence-electron chi connectivity index (χ4n) is 4.61. The first kappa shape index (κ1) is 21.6. The van der Waals surface area contributed by atoms with Crippen LogP contribution in [0.15, 0.2) is 47.6 Å². The molecule has 2 aromatic carbocycles. The van der Waals surface area contributed by atoms with Crippen molar-refractivity contribution >= 4 is 11.6 Å². The number of hydrogen-bond acceptors (Lipinski definition) is 4. The Balaban J connectivity index is 1.60. The number of ether oxygens (including phenoxy) is 1. The molecule has 5 nitrogen and oxygen atoms in total. The Morgan fingerprint density at radius 2 is 1.81 bits per heavy atom. The predicted octanol–water partition coefficient (Wildman–Crippen LogP) is 4.72. The van der Waals surface area contributed by atoms with E-state index in [9.17, 15) is 4.79 Å². The second-order valence-electron chi connectivity index (χ2n) is 9.06. The van der Waals surface area contributed by atoms with E-state index in [2.05, 4.69) is 43.9 Å². The summed E-state index contributed by atoms with van der Waals surface area (Å²) in [7, 11) is 1.67. The summed E-state index contributed by atoms with van der Waals surface area (Å²) < 4.78 is 5.32. The molecular weight excluding hydrogens is 386 g/mol. The number of methoxy groups -OCH3 is 1. The number of amides is 1. The smallest absolute Gasteiger partial charge is 0.257 e. The van der Waals surface area contributed by atoms with Crippen LogP contribution < -0.4 is 4.74 Å². The average Bonchev–Trinajstić information content (AvgIpc) is 3.20. The van der Waals surface area contributed by atoms with Gasteiger partial charge in [-0.25, -0.2) is 5.01 Å². The molecule has 0 N–H and O–H groups in total. The van der Waals surface area contributed by atoms with Gasteiger partial charge in [-0.3, -0.25) is 9.69 Å². The number of carbonyl (C=O) groups excluding carboxylic acids is 1. The number of hydrazone groups is 1. The van der Waals surface area contributed by atoms with Crippen LogP contribution in [0, 0.1) is 19.8 Å². The molecule has 4 rings (SSSR count). The van der Waals surface area contributed by atoms with E-state index in [1.807, 2.05) is 24.3 Å². The fourth-order valence-corrected chi connectivity index (χ4v) is 4.61. The van der Waals surface area contributed by atoms with Crippen LogP contribution in [0.4, 0.5) is 0 Å². The van der Waals surface area contributed by atoms with Crippen molar-refractivity contribution in [2.75, 3.05) is 26.7 Å². The van der Waals surface area contributed by atoms with Crippen LogP contribution in [0.3, 0.4) is 0 Å². The molecule has 0 spiro atoms. The van der Waals surface area contributed by atoms with Crippen LogP contribution in [0.25, 0.3) is 0 Å². The summed E-state index contributed by atoms with van der Waals surface area (Å²) >= 11 is 0. The second kappa shape index (κ2) is 9.23. The van der Waals surface area contributed by atoms with E-state index in [0.29, 0.717) is 6.54 Å². The van der Waals surface area contributed by atoms with Gasteiger partial charge in [0.05, 0.1) is 25.4 Å². The van der Waals surface area contributed by atoms with Crippen molar-refractivity contribution in [3.63, 3.8) is 0 Å². The molecule has 31 heavy (non-hydrogen) atoms. The summed E-state index contributed by atoms with van der Waals surface area (Å²) in [6.07, 6.45) is 3.04. The molecule has 0 radical (unpaired) electrons. The standard InChI is InChI=1S/C26H33N3O2/c1-18-11-13-28(14-12-18)17-26(30)29-25(21-6-8-22(31-4)9-7-21)16-24(27-29)23-10-5-19(2)15-20(23)3/h5-10,15,18,25H,11-14,16-17H2,1-4H3/t25-/m0/s1. The predicted molar refractivity (Wildman–Crippen MR) is 124 cm³/mol. The first-order valence-corrected chi connectivity index (χ1v) is 11.3. The first-order chi connectivity index (χ1) is 14.9. The van der Waals surface area contributed by atoms with Gasteiger partial charge in [0.25, 0.3) is 5.91 Å². The number of hydrogen-bond donors (Lipinski definition) is 0. The zero-order chi connectivity index (χ0) is 22.0. The molecule has 1 fully saturated rings. The Morgan fingerprint density at radius 3 is 2.45 bits per heavy atom. The van der Waals surface area contributed by atoms with Gasteiger partial charge in [0.1, 0.15) is 5.75 Å². The third-order valence-corrected chi connectivity index (χ3v) is 6.59. The van der Waals surface area contributed by atoms with Crippen LogP contribution in [0.1, 0.15) is 54.5 Å². The molecule has 0 bridgehead atoms. The zero-order valence-corrected chi connectivity index (χ0v) is 19.1. The Kier molecular flexibility index (Phi) is 6.42. The molecule has 0 aromatic heterocycles. The van der Waals surface area contributed by atoms with Crippen molar-refractivity contribution in [3.8, 4) is 5.75 Å². The van der Waals surface area contributed by atoms with Crippen LogP contribution in [0.5, 0.6) is 5.75 Å². The molecule has 2 aliphatic rings. The number of rotatable bonds is 5. The minimum Gasteiger partial charge on any atom is -0.497 e. The maximum absolute atomic E-state index is 13.4. The highest BCUT2D eigenvalue weighted by Gasteiger charge is 2.34. The monoisotopic (exact) mass is 419 g/mol. The van der Waals surface area contributed by atoms with E-state index in [4.69, 9.17) is 9.84 Å². The van der Waals surface area contributed by atoms with E-state index in [1.54, 1.807) is 12.1 Å². The maximum atomic E-state index is 13.4. The molecule has 2 aliphatic heterocycles. The average molecular weight is 420 g/mol. The lowest BCUT2D eigenvalue weighted by Gasteiger charge is -2.31. The van der Waals surface area contributed by atoms with Gasteiger partial charge in [0.2, 0.25) is 0 Å². The van der Waals surface area contributed by atoms with Crippen molar-refractivity contribution in [2.45, 2.75) is 46.1 Å². The Bertz CT molecular complexity index is 959. The lowest BCUT2D eigenvalue weighted by Crippen LogP contribution is -2.41. The van der Waals surface area contributed by atoms with Crippen molar-refractivity contribution in [2.24, 2.45) is 11.0 Å². The lowest BCUT2D eigenvalue weighted by molar-refractivity contribution is -0.134. The van der Waals surface area contributed by atoms with E-state index in [1.165, 1.54) is 11.1 Å². The van der Waals surface area contributed by atoms with Gasteiger partial charge in [-0.1, -0.05) is 42.8 Å². The molecule has 2 heterocycles. The maximum Gasteiger partial charge on any atom is 0.257 e. The molecule has 5 heteroatoms. The van der Waals surface area contributed by atoms with E-state index < -0.39 is 0 Å². The van der Waals surface area contributed by atoms with Crippen molar-refractivity contribution < 1.29 is 9.53 Å². The number of aryl methyl sites for hydroxylation is 2. The van der Waals surface area contributed by atoms with E-state index in [-0.39, 0.29) is 11.9 Å². The molecule has 0 saturated carbocycles. The summed E-state index contributed by atoms with van der Waals surface area (Å²) in [5.74, 6) is 1.65. The lowest BCUT2D eigenvalue weighted by atomic mass is 9.95. The van der Waals surface area contributed by atoms with E-state index >= 15 is 0 Å².